The minimum Gasteiger partial charge on any atom is -0.207 e. The zero-order valence-electron chi connectivity index (χ0n) is 14.8. The van der Waals surface area contributed by atoms with E-state index in [1.807, 2.05) is 13.8 Å². The van der Waals surface area contributed by atoms with Crippen molar-refractivity contribution < 1.29 is 16.8 Å². The van der Waals surface area contributed by atoms with Gasteiger partial charge in [0.2, 0.25) is 20.0 Å². The van der Waals surface area contributed by atoms with E-state index in [9.17, 15) is 16.8 Å². The molecule has 0 N–H and O–H groups in total. The van der Waals surface area contributed by atoms with E-state index in [0.717, 1.165) is 11.1 Å². The highest BCUT2D eigenvalue weighted by molar-refractivity contribution is 7.90. The first-order valence-corrected chi connectivity index (χ1v) is 11.2. The summed E-state index contributed by atoms with van der Waals surface area (Å²) >= 11 is 0. The van der Waals surface area contributed by atoms with Crippen LogP contribution in [0.4, 0.5) is 0 Å². The molecule has 8 heteroatoms. The molecule has 2 aromatic carbocycles. The molecule has 0 spiro atoms. The minimum absolute atomic E-state index is 0.174. The molecule has 0 unspecified atom stereocenters. The molecule has 0 bridgehead atoms. The lowest BCUT2D eigenvalue weighted by Gasteiger charge is -2.34. The van der Waals surface area contributed by atoms with Gasteiger partial charge in [-0.3, -0.25) is 0 Å². The van der Waals surface area contributed by atoms with Gasteiger partial charge in [-0.25, -0.2) is 16.8 Å². The number of hydrogen-bond acceptors (Lipinski definition) is 4. The molecule has 140 valence electrons. The molecule has 1 fully saturated rings. The van der Waals surface area contributed by atoms with Crippen molar-refractivity contribution in [3.8, 4) is 0 Å². The third-order valence-corrected chi connectivity index (χ3v) is 8.14. The Morgan fingerprint density at radius 2 is 1.00 bits per heavy atom. The van der Waals surface area contributed by atoms with Gasteiger partial charge >= 0.3 is 0 Å². The quantitative estimate of drug-likeness (QED) is 0.798. The molecule has 0 atom stereocenters. The van der Waals surface area contributed by atoms with Crippen LogP contribution >= 0.6 is 0 Å². The Labute approximate surface area is 155 Å². The van der Waals surface area contributed by atoms with Crippen molar-refractivity contribution >= 4 is 20.0 Å². The van der Waals surface area contributed by atoms with E-state index in [0.29, 0.717) is 19.5 Å². The standard InChI is InChI=1S/C18H22N2O4S2/c1-15-4-8-17(9-5-15)25(21,22)19-12-3-13-20(14-19)26(23,24)18-10-6-16(2)7-11-18/h4-11H,3,12-14H2,1-2H3. The van der Waals surface area contributed by atoms with Crippen molar-refractivity contribution in [1.29, 1.82) is 0 Å². The molecule has 3 rings (SSSR count). The topological polar surface area (TPSA) is 74.8 Å². The Bertz CT molecular complexity index is 901. The number of benzene rings is 2. The van der Waals surface area contributed by atoms with Crippen LogP contribution in [0.25, 0.3) is 0 Å². The van der Waals surface area contributed by atoms with E-state index in [1.54, 1.807) is 48.5 Å². The van der Waals surface area contributed by atoms with Crippen LogP contribution in [-0.2, 0) is 20.0 Å². The van der Waals surface area contributed by atoms with Crippen LogP contribution in [0.15, 0.2) is 58.3 Å². The molecule has 0 saturated carbocycles. The zero-order chi connectivity index (χ0) is 18.9. The predicted octanol–water partition coefficient (Wildman–Crippen LogP) is 2.35. The van der Waals surface area contributed by atoms with Crippen molar-refractivity contribution in [3.05, 3.63) is 59.7 Å². The zero-order valence-corrected chi connectivity index (χ0v) is 16.4. The summed E-state index contributed by atoms with van der Waals surface area (Å²) in [5.41, 5.74) is 1.93. The minimum atomic E-state index is -3.73. The largest absolute Gasteiger partial charge is 0.244 e. The van der Waals surface area contributed by atoms with E-state index < -0.39 is 20.0 Å². The van der Waals surface area contributed by atoms with Crippen molar-refractivity contribution in [3.63, 3.8) is 0 Å². The molecule has 0 aliphatic carbocycles. The van der Waals surface area contributed by atoms with Gasteiger partial charge in [0.15, 0.2) is 0 Å². The first-order chi connectivity index (χ1) is 12.2. The van der Waals surface area contributed by atoms with Gasteiger partial charge in [-0.2, -0.15) is 8.61 Å². The summed E-state index contributed by atoms with van der Waals surface area (Å²) in [5.74, 6) is 0. The monoisotopic (exact) mass is 394 g/mol. The molecular weight excluding hydrogens is 372 g/mol. The van der Waals surface area contributed by atoms with Crippen LogP contribution in [0, 0.1) is 13.8 Å². The summed E-state index contributed by atoms with van der Waals surface area (Å²) in [6, 6.07) is 13.1. The Morgan fingerprint density at radius 3 is 1.35 bits per heavy atom. The molecule has 1 heterocycles. The molecule has 1 saturated heterocycles. The fourth-order valence-electron chi connectivity index (χ4n) is 2.85. The van der Waals surface area contributed by atoms with Crippen LogP contribution in [-0.4, -0.2) is 45.2 Å². The van der Waals surface area contributed by atoms with E-state index >= 15 is 0 Å². The summed E-state index contributed by atoms with van der Waals surface area (Å²) in [5, 5.41) is 0. The Morgan fingerprint density at radius 1 is 0.654 bits per heavy atom. The molecule has 26 heavy (non-hydrogen) atoms. The number of aryl methyl sites for hydroxylation is 2. The molecule has 1 aliphatic heterocycles. The summed E-state index contributed by atoms with van der Waals surface area (Å²) < 4.78 is 53.9. The number of sulfonamides is 2. The molecule has 0 amide bonds. The second kappa shape index (κ2) is 7.11. The van der Waals surface area contributed by atoms with E-state index in [1.165, 1.54) is 8.61 Å². The first-order valence-electron chi connectivity index (χ1n) is 8.35. The predicted molar refractivity (Wildman–Crippen MR) is 99.6 cm³/mol. The third-order valence-electron chi connectivity index (χ3n) is 4.45. The molecule has 6 nitrogen and oxygen atoms in total. The van der Waals surface area contributed by atoms with Gasteiger partial charge in [-0.05, 0) is 44.5 Å². The van der Waals surface area contributed by atoms with Gasteiger partial charge in [0.25, 0.3) is 0 Å². The number of hydrogen-bond donors (Lipinski definition) is 0. The molecule has 2 aromatic rings. The van der Waals surface area contributed by atoms with Gasteiger partial charge in [0, 0.05) is 13.1 Å². The average molecular weight is 395 g/mol. The lowest BCUT2D eigenvalue weighted by molar-refractivity contribution is 0.231. The molecular formula is C18H22N2O4S2. The van der Waals surface area contributed by atoms with E-state index in [2.05, 4.69) is 0 Å². The molecule has 0 aromatic heterocycles. The van der Waals surface area contributed by atoms with Gasteiger partial charge in [-0.15, -0.1) is 0 Å². The lowest BCUT2D eigenvalue weighted by Crippen LogP contribution is -2.49. The van der Waals surface area contributed by atoms with Crippen LogP contribution < -0.4 is 0 Å². The van der Waals surface area contributed by atoms with Crippen LogP contribution in [0.3, 0.4) is 0 Å². The summed E-state index contributed by atoms with van der Waals surface area (Å²) in [4.78, 5) is 0.357. The third kappa shape index (κ3) is 3.68. The molecule has 0 radical (unpaired) electrons. The average Bonchev–Trinajstić information content (AvgIpc) is 2.62. The normalized spacial score (nSPS) is 17.3. The SMILES string of the molecule is Cc1ccc(S(=O)(=O)N2CCCN(S(=O)(=O)c3ccc(C)cc3)C2)cc1. The second-order valence-corrected chi connectivity index (χ2v) is 10.4. The van der Waals surface area contributed by atoms with Crippen LogP contribution in [0.2, 0.25) is 0 Å². The smallest absolute Gasteiger partial charge is 0.207 e. The first kappa shape index (κ1) is 19.0. The fourth-order valence-corrected chi connectivity index (χ4v) is 5.80. The highest BCUT2D eigenvalue weighted by atomic mass is 32.2. The Kier molecular flexibility index (Phi) is 5.21. The Hall–Kier alpha value is -1.74. The van der Waals surface area contributed by atoms with Crippen molar-refractivity contribution in [2.24, 2.45) is 0 Å². The highest BCUT2D eigenvalue weighted by Gasteiger charge is 2.34. The maximum atomic E-state index is 12.9. The van der Waals surface area contributed by atoms with Crippen molar-refractivity contribution in [1.82, 2.24) is 8.61 Å². The summed E-state index contributed by atoms with van der Waals surface area (Å²) in [6.07, 6.45) is 0.455. The summed E-state index contributed by atoms with van der Waals surface area (Å²) in [7, 11) is -7.47. The maximum Gasteiger partial charge on any atom is 0.244 e. The molecule has 1 aliphatic rings. The van der Waals surface area contributed by atoms with Gasteiger partial charge in [0.1, 0.15) is 0 Å². The number of rotatable bonds is 4. The van der Waals surface area contributed by atoms with E-state index in [4.69, 9.17) is 0 Å². The maximum absolute atomic E-state index is 12.9. The van der Waals surface area contributed by atoms with Crippen LogP contribution in [0.1, 0.15) is 17.5 Å². The van der Waals surface area contributed by atoms with Gasteiger partial charge in [0.05, 0.1) is 16.5 Å². The van der Waals surface area contributed by atoms with Crippen molar-refractivity contribution in [2.75, 3.05) is 19.8 Å². The summed E-state index contributed by atoms with van der Waals surface area (Å²) in [6.45, 7) is 4.19. The Balaban J connectivity index is 1.87. The highest BCUT2D eigenvalue weighted by Crippen LogP contribution is 2.24. The van der Waals surface area contributed by atoms with E-state index in [-0.39, 0.29) is 16.5 Å². The van der Waals surface area contributed by atoms with Crippen LogP contribution in [0.5, 0.6) is 0 Å². The number of nitrogens with zero attached hydrogens (tertiary/aromatic N) is 2. The van der Waals surface area contributed by atoms with Gasteiger partial charge < -0.3 is 0 Å². The lowest BCUT2D eigenvalue weighted by atomic mass is 10.2. The second-order valence-electron chi connectivity index (χ2n) is 6.48. The van der Waals surface area contributed by atoms with Gasteiger partial charge in [-0.1, -0.05) is 35.4 Å². The van der Waals surface area contributed by atoms with Crippen molar-refractivity contribution in [2.45, 2.75) is 30.1 Å². The fraction of sp³-hybridized carbons (Fsp3) is 0.333.